The molecule has 1 heterocycles. The summed E-state index contributed by atoms with van der Waals surface area (Å²) in [5.74, 6) is 0.659. The average Bonchev–Trinajstić information content (AvgIpc) is 2.95. The highest BCUT2D eigenvalue weighted by Crippen LogP contribution is 2.15. The summed E-state index contributed by atoms with van der Waals surface area (Å²) in [6.07, 6.45) is 1.62. The van der Waals surface area contributed by atoms with Crippen molar-refractivity contribution < 1.29 is 9.90 Å². The summed E-state index contributed by atoms with van der Waals surface area (Å²) in [6.45, 7) is 6.12. The number of hydrogen-bond donors (Lipinski definition) is 3. The topological polar surface area (TPSA) is 78.6 Å². The predicted octanol–water partition coefficient (Wildman–Crippen LogP) is 0.720. The van der Waals surface area contributed by atoms with Gasteiger partial charge in [0, 0.05) is 13.1 Å². The lowest BCUT2D eigenvalue weighted by molar-refractivity contribution is -0.122. The molecular formula is C16H25N3O2. The molecule has 0 radical (unpaired) electrons. The zero-order valence-corrected chi connectivity index (χ0v) is 12.6. The molecule has 116 valence electrons. The van der Waals surface area contributed by atoms with Crippen molar-refractivity contribution in [3.63, 3.8) is 0 Å². The molecule has 2 atom stereocenters. The Hall–Kier alpha value is -1.59. The molecule has 1 aliphatic heterocycles. The van der Waals surface area contributed by atoms with Crippen LogP contribution in [0.5, 0.6) is 5.75 Å². The average molecular weight is 291 g/mol. The van der Waals surface area contributed by atoms with Crippen LogP contribution in [0.15, 0.2) is 24.3 Å². The summed E-state index contributed by atoms with van der Waals surface area (Å²) >= 11 is 0. The van der Waals surface area contributed by atoms with Gasteiger partial charge in [-0.3, -0.25) is 4.79 Å². The molecule has 1 amide bonds. The van der Waals surface area contributed by atoms with Gasteiger partial charge in [0.25, 0.3) is 0 Å². The maximum atomic E-state index is 12.0. The molecule has 5 nitrogen and oxygen atoms in total. The van der Waals surface area contributed by atoms with Crippen LogP contribution < -0.4 is 11.1 Å². The second kappa shape index (κ2) is 7.43. The number of phenols is 1. The maximum Gasteiger partial charge on any atom is 0.237 e. The van der Waals surface area contributed by atoms with Crippen molar-refractivity contribution in [2.45, 2.75) is 25.8 Å². The normalized spacial score (nSPS) is 20.4. The number of aromatic hydroxyl groups is 1. The SMILES string of the molecule is CCN1CCC(CNC(=O)[C@H](N)Cc2ccc(O)cc2)C1. The first-order valence-corrected chi connectivity index (χ1v) is 7.62. The number of nitrogens with two attached hydrogens (primary N) is 1. The molecule has 0 spiro atoms. The molecule has 0 aliphatic carbocycles. The Balaban J connectivity index is 1.74. The lowest BCUT2D eigenvalue weighted by Gasteiger charge is -2.16. The Kier molecular flexibility index (Phi) is 5.59. The quantitative estimate of drug-likeness (QED) is 0.721. The van der Waals surface area contributed by atoms with Gasteiger partial charge in [-0.15, -0.1) is 0 Å². The largest absolute Gasteiger partial charge is 0.508 e. The van der Waals surface area contributed by atoms with Gasteiger partial charge in [-0.25, -0.2) is 0 Å². The number of hydrogen-bond acceptors (Lipinski definition) is 4. The summed E-state index contributed by atoms with van der Waals surface area (Å²) in [7, 11) is 0. The van der Waals surface area contributed by atoms with Crippen LogP contribution in [-0.4, -0.2) is 48.1 Å². The van der Waals surface area contributed by atoms with Crippen LogP contribution in [0.2, 0.25) is 0 Å². The van der Waals surface area contributed by atoms with Crippen molar-refractivity contribution in [3.8, 4) is 5.75 Å². The monoisotopic (exact) mass is 291 g/mol. The minimum absolute atomic E-state index is 0.0991. The molecule has 21 heavy (non-hydrogen) atoms. The van der Waals surface area contributed by atoms with Crippen LogP contribution in [0.4, 0.5) is 0 Å². The van der Waals surface area contributed by atoms with Crippen LogP contribution >= 0.6 is 0 Å². The van der Waals surface area contributed by atoms with Crippen LogP contribution in [0.3, 0.4) is 0 Å². The van der Waals surface area contributed by atoms with Gasteiger partial charge in [-0.05, 0) is 49.5 Å². The first-order chi connectivity index (χ1) is 10.1. The summed E-state index contributed by atoms with van der Waals surface area (Å²) in [5.41, 5.74) is 6.89. The van der Waals surface area contributed by atoms with E-state index in [-0.39, 0.29) is 11.7 Å². The van der Waals surface area contributed by atoms with Gasteiger partial charge >= 0.3 is 0 Å². The molecule has 1 unspecified atom stereocenters. The zero-order chi connectivity index (χ0) is 15.2. The van der Waals surface area contributed by atoms with Gasteiger partial charge in [-0.2, -0.15) is 0 Å². The first kappa shape index (κ1) is 15.8. The van der Waals surface area contributed by atoms with E-state index in [0.717, 1.165) is 31.6 Å². The summed E-state index contributed by atoms with van der Waals surface area (Å²) in [4.78, 5) is 14.4. The zero-order valence-electron chi connectivity index (χ0n) is 12.6. The fourth-order valence-electron chi connectivity index (χ4n) is 2.72. The van der Waals surface area contributed by atoms with Gasteiger partial charge in [0.1, 0.15) is 5.75 Å². The van der Waals surface area contributed by atoms with Gasteiger partial charge in [0.05, 0.1) is 6.04 Å². The number of phenolic OH excluding ortho intramolecular Hbond substituents is 1. The Morgan fingerprint density at radius 1 is 1.48 bits per heavy atom. The smallest absolute Gasteiger partial charge is 0.237 e. The summed E-state index contributed by atoms with van der Waals surface area (Å²) in [5, 5.41) is 12.2. The fraction of sp³-hybridized carbons (Fsp3) is 0.562. The molecule has 4 N–H and O–H groups in total. The Labute approximate surface area is 126 Å². The molecule has 1 aromatic rings. The predicted molar refractivity (Wildman–Crippen MR) is 83.0 cm³/mol. The van der Waals surface area contributed by atoms with E-state index in [2.05, 4.69) is 17.1 Å². The number of nitrogens with zero attached hydrogens (tertiary/aromatic N) is 1. The van der Waals surface area contributed by atoms with E-state index >= 15 is 0 Å². The van der Waals surface area contributed by atoms with E-state index in [4.69, 9.17) is 5.73 Å². The van der Waals surface area contributed by atoms with Crippen LogP contribution in [0.25, 0.3) is 0 Å². The Morgan fingerprint density at radius 2 is 2.19 bits per heavy atom. The molecule has 1 aromatic carbocycles. The molecular weight excluding hydrogens is 266 g/mol. The highest BCUT2D eigenvalue weighted by atomic mass is 16.3. The van der Waals surface area contributed by atoms with Crippen molar-refractivity contribution in [1.29, 1.82) is 0 Å². The van der Waals surface area contributed by atoms with E-state index < -0.39 is 6.04 Å². The number of amides is 1. The number of carbonyl (C=O) groups is 1. The van der Waals surface area contributed by atoms with E-state index in [1.165, 1.54) is 0 Å². The number of rotatable bonds is 6. The van der Waals surface area contributed by atoms with E-state index in [1.54, 1.807) is 24.3 Å². The summed E-state index contributed by atoms with van der Waals surface area (Å²) < 4.78 is 0. The molecule has 1 aliphatic rings. The van der Waals surface area contributed by atoms with Crippen molar-refractivity contribution in [3.05, 3.63) is 29.8 Å². The molecule has 0 bridgehead atoms. The van der Waals surface area contributed by atoms with Crippen molar-refractivity contribution in [2.75, 3.05) is 26.2 Å². The second-order valence-electron chi connectivity index (χ2n) is 5.77. The highest BCUT2D eigenvalue weighted by molar-refractivity contribution is 5.81. The molecule has 0 saturated carbocycles. The fourth-order valence-corrected chi connectivity index (χ4v) is 2.72. The van der Waals surface area contributed by atoms with Crippen LogP contribution in [-0.2, 0) is 11.2 Å². The van der Waals surface area contributed by atoms with Crippen LogP contribution in [0.1, 0.15) is 18.9 Å². The van der Waals surface area contributed by atoms with Crippen molar-refractivity contribution in [2.24, 2.45) is 11.7 Å². The third-order valence-electron chi connectivity index (χ3n) is 4.11. The molecule has 0 aromatic heterocycles. The van der Waals surface area contributed by atoms with Crippen molar-refractivity contribution >= 4 is 5.91 Å². The lowest BCUT2D eigenvalue weighted by Crippen LogP contribution is -2.43. The minimum Gasteiger partial charge on any atom is -0.508 e. The lowest BCUT2D eigenvalue weighted by atomic mass is 10.1. The Morgan fingerprint density at radius 3 is 2.81 bits per heavy atom. The van der Waals surface area contributed by atoms with Gasteiger partial charge in [0.2, 0.25) is 5.91 Å². The third kappa shape index (κ3) is 4.72. The maximum absolute atomic E-state index is 12.0. The van der Waals surface area contributed by atoms with E-state index in [1.807, 2.05) is 0 Å². The first-order valence-electron chi connectivity index (χ1n) is 7.62. The number of benzene rings is 1. The van der Waals surface area contributed by atoms with Gasteiger partial charge in [-0.1, -0.05) is 19.1 Å². The van der Waals surface area contributed by atoms with Crippen molar-refractivity contribution in [1.82, 2.24) is 10.2 Å². The van der Waals surface area contributed by atoms with E-state index in [0.29, 0.717) is 18.9 Å². The van der Waals surface area contributed by atoms with Crippen LogP contribution in [0, 0.1) is 5.92 Å². The van der Waals surface area contributed by atoms with E-state index in [9.17, 15) is 9.90 Å². The molecule has 5 heteroatoms. The molecule has 2 rings (SSSR count). The summed E-state index contributed by atoms with van der Waals surface area (Å²) in [6, 6.07) is 6.26. The highest BCUT2D eigenvalue weighted by Gasteiger charge is 2.22. The van der Waals surface area contributed by atoms with Gasteiger partial charge in [0.15, 0.2) is 0 Å². The molecule has 1 saturated heterocycles. The molecule has 1 fully saturated rings. The van der Waals surface area contributed by atoms with Gasteiger partial charge < -0.3 is 21.1 Å². The number of likely N-dealkylation sites (tertiary alicyclic amines) is 1. The third-order valence-corrected chi connectivity index (χ3v) is 4.11. The standard InChI is InChI=1S/C16H25N3O2/c1-2-19-8-7-13(11-19)10-18-16(21)15(17)9-12-3-5-14(20)6-4-12/h3-6,13,15,20H,2,7-11,17H2,1H3,(H,18,21)/t13?,15-/m1/s1. The second-order valence-corrected chi connectivity index (χ2v) is 5.77. The number of carbonyl (C=O) groups excluding carboxylic acids is 1. The Bertz CT molecular complexity index is 461. The minimum atomic E-state index is -0.543. The number of nitrogens with one attached hydrogen (secondary N) is 1.